The molecule has 0 fully saturated rings. The summed E-state index contributed by atoms with van der Waals surface area (Å²) in [7, 11) is 0. The average molecular weight is 813 g/mol. The van der Waals surface area contributed by atoms with Crippen LogP contribution in [0.15, 0.2) is 110 Å². The van der Waals surface area contributed by atoms with E-state index in [2.05, 4.69) is 123 Å². The van der Waals surface area contributed by atoms with Gasteiger partial charge in [0.25, 0.3) is 0 Å². The minimum atomic E-state index is -2.09. The zero-order valence-electron chi connectivity index (χ0n) is 30.3. The van der Waals surface area contributed by atoms with Crippen molar-refractivity contribution in [1.29, 1.82) is 0 Å². The van der Waals surface area contributed by atoms with E-state index in [-0.39, 0.29) is 25.7 Å². The normalized spacial score (nSPS) is 12.3. The molecule has 0 bridgehead atoms. The van der Waals surface area contributed by atoms with Gasteiger partial charge in [0.05, 0.1) is 16.9 Å². The summed E-state index contributed by atoms with van der Waals surface area (Å²) in [4.78, 5) is 9.30. The Labute approximate surface area is 300 Å². The van der Waals surface area contributed by atoms with Gasteiger partial charge in [-0.3, -0.25) is 16.3 Å². The third kappa shape index (κ3) is 7.08. The Morgan fingerprint density at radius 3 is 2.28 bits per heavy atom. The topological polar surface area (TPSA) is 30.7 Å². The molecule has 4 aromatic carbocycles. The van der Waals surface area contributed by atoms with Crippen molar-refractivity contribution in [3.8, 4) is 28.3 Å². The van der Waals surface area contributed by atoms with E-state index in [1.54, 1.807) is 29.5 Å². The number of thiophene rings is 1. The van der Waals surface area contributed by atoms with E-state index >= 15 is 0 Å². The molecule has 0 amide bonds. The number of rotatable bonds is 6. The molecule has 0 unspecified atom stereocenters. The molecule has 7 rings (SSSR count). The molecule has 7 aromatic rings. The van der Waals surface area contributed by atoms with Crippen LogP contribution in [0.5, 0.6) is 0 Å². The molecule has 47 heavy (non-hydrogen) atoms. The number of hydrogen-bond acceptors (Lipinski definition) is 3. The molecule has 239 valence electrons. The predicted octanol–water partition coefficient (Wildman–Crippen LogP) is 11.8. The number of hydrogen-bond donors (Lipinski definition) is 0. The van der Waals surface area contributed by atoms with E-state index in [1.165, 1.54) is 33.1 Å². The van der Waals surface area contributed by atoms with E-state index in [9.17, 15) is 0 Å². The first-order valence-corrected chi connectivity index (χ1v) is 16.4. The zero-order valence-corrected chi connectivity index (χ0v) is 30.5. The van der Waals surface area contributed by atoms with Crippen molar-refractivity contribution >= 4 is 38.0 Å². The van der Waals surface area contributed by atoms with Crippen LogP contribution in [0.25, 0.3) is 55.0 Å². The Hall–Kier alpha value is -4.15. The third-order valence-corrected chi connectivity index (χ3v) is 8.99. The van der Waals surface area contributed by atoms with E-state index in [0.717, 1.165) is 44.8 Å². The fraction of sp³-hybridized carbons (Fsp3) is 0.190. The summed E-state index contributed by atoms with van der Waals surface area (Å²) >= 11 is 1.66. The van der Waals surface area contributed by atoms with Crippen molar-refractivity contribution < 1.29 is 24.2 Å². The van der Waals surface area contributed by atoms with Crippen LogP contribution in [0.4, 0.5) is 0 Å². The summed E-state index contributed by atoms with van der Waals surface area (Å²) < 4.78 is 25.3. The monoisotopic (exact) mass is 813 g/mol. The van der Waals surface area contributed by atoms with Crippen LogP contribution in [-0.2, 0) is 20.1 Å². The molecule has 0 saturated heterocycles. The van der Waals surface area contributed by atoms with Crippen molar-refractivity contribution in [1.82, 2.24) is 14.5 Å². The quantitative estimate of drug-likeness (QED) is 0.157. The van der Waals surface area contributed by atoms with E-state index < -0.39 is 6.85 Å². The molecule has 0 saturated carbocycles. The molecule has 3 heterocycles. The van der Waals surface area contributed by atoms with Gasteiger partial charge in [0.15, 0.2) is 0 Å². The first kappa shape index (κ1) is 30.2. The number of allylic oxidation sites excluding steroid dienone is 1. The van der Waals surface area contributed by atoms with Crippen molar-refractivity contribution in [2.24, 2.45) is 0 Å². The maximum absolute atomic E-state index is 7.23. The van der Waals surface area contributed by atoms with Gasteiger partial charge in [0.2, 0.25) is 0 Å². The fourth-order valence-corrected chi connectivity index (χ4v) is 6.52. The van der Waals surface area contributed by atoms with Crippen molar-refractivity contribution in [3.05, 3.63) is 144 Å². The minimum Gasteiger partial charge on any atom is -0.333 e. The molecule has 5 heteroatoms. The molecule has 0 spiro atoms. The molecular formula is C42H39IrN3S-2. The van der Waals surface area contributed by atoms with Gasteiger partial charge in [-0.2, -0.15) is 0 Å². The number of aryl methyl sites for hydroxylation is 1. The number of fused-ring (bicyclic) bond motifs is 2. The fourth-order valence-electron chi connectivity index (χ4n) is 5.70. The van der Waals surface area contributed by atoms with Gasteiger partial charge in [-0.25, -0.2) is 0 Å². The van der Waals surface area contributed by atoms with Gasteiger partial charge in [-0.15, -0.1) is 41.3 Å². The van der Waals surface area contributed by atoms with Gasteiger partial charge in [-0.1, -0.05) is 116 Å². The van der Waals surface area contributed by atoms with Crippen molar-refractivity contribution in [2.75, 3.05) is 0 Å². The number of pyridine rings is 1. The molecule has 3 nitrogen and oxygen atoms in total. The van der Waals surface area contributed by atoms with Gasteiger partial charge >= 0.3 is 0 Å². The molecule has 0 aliphatic carbocycles. The minimum absolute atomic E-state index is 0. The first-order valence-electron chi connectivity index (χ1n) is 17.1. The van der Waals surface area contributed by atoms with Crippen molar-refractivity contribution in [3.63, 3.8) is 0 Å². The Bertz CT molecular complexity index is 2220. The second-order valence-corrected chi connectivity index (χ2v) is 13.0. The molecule has 0 aliphatic heterocycles. The second kappa shape index (κ2) is 14.7. The molecule has 0 N–H and O–H groups in total. The molecule has 0 atom stereocenters. The van der Waals surface area contributed by atoms with Crippen LogP contribution in [0.3, 0.4) is 0 Å². The largest absolute Gasteiger partial charge is 0.333 e. The SMILES string of the molecule is C=C(C)c1ccc2s[c-]c(-c3nc4ccccc4n3-c3c(C(C)C)cccc3C(C)C)c2c1.[2H]C([2H])([2H])c1ccc(-c2[c-]cccc2)nc1.[Ir]. The summed E-state index contributed by atoms with van der Waals surface area (Å²) in [5, 5.41) is 4.78. The summed E-state index contributed by atoms with van der Waals surface area (Å²) in [6.07, 6.45) is 1.39. The molecule has 3 aromatic heterocycles. The van der Waals surface area contributed by atoms with Crippen LogP contribution in [0, 0.1) is 18.3 Å². The number of nitrogens with zero attached hydrogens (tertiary/aromatic N) is 3. The van der Waals surface area contributed by atoms with Gasteiger partial charge in [-0.05, 0) is 65.7 Å². The Morgan fingerprint density at radius 2 is 1.64 bits per heavy atom. The average Bonchev–Trinajstić information content (AvgIpc) is 3.69. The third-order valence-electron chi connectivity index (χ3n) is 8.10. The maximum atomic E-state index is 7.23. The van der Waals surface area contributed by atoms with E-state index in [1.807, 2.05) is 18.2 Å². The number of imidazole rings is 1. The zero-order chi connectivity index (χ0) is 34.9. The number of benzene rings is 4. The summed E-state index contributed by atoms with van der Waals surface area (Å²) in [6, 6.07) is 35.5. The van der Waals surface area contributed by atoms with Crippen LogP contribution >= 0.6 is 11.3 Å². The van der Waals surface area contributed by atoms with E-state index in [4.69, 9.17) is 9.10 Å². The second-order valence-electron chi connectivity index (χ2n) is 12.1. The Balaban J connectivity index is 0.000000241. The standard InChI is InChI=1S/C30H29N2S.C12H10N.Ir/c1-18(2)21-14-15-28-24(16-21)25(17-33-28)30-31-26-12-7-8-13-27(26)32(30)29-22(19(3)4)10-9-11-23(29)20(5)6;1-10-7-8-12(13-9-10)11-5-3-2-4-6-11;/h7-16,19-20H,1H2,2-6H3;2-5,7-9H,1H3;/q2*-1;/i;1D3;. The molecule has 1 radical (unpaired) electrons. The molecule has 0 aliphatic rings. The number of aromatic nitrogens is 3. The van der Waals surface area contributed by atoms with Crippen LogP contribution in [-0.4, -0.2) is 14.5 Å². The maximum Gasteiger partial charge on any atom is 0.0774 e. The van der Waals surface area contributed by atoms with E-state index in [0.29, 0.717) is 11.8 Å². The van der Waals surface area contributed by atoms with Crippen LogP contribution in [0.1, 0.15) is 72.8 Å². The van der Waals surface area contributed by atoms with Crippen LogP contribution in [0.2, 0.25) is 0 Å². The summed E-state index contributed by atoms with van der Waals surface area (Å²) in [5.41, 5.74) is 11.2. The summed E-state index contributed by atoms with van der Waals surface area (Å²) in [5.74, 6) is 1.74. The Kier molecular flexibility index (Phi) is 9.47. The van der Waals surface area contributed by atoms with Gasteiger partial charge in [0, 0.05) is 36.1 Å². The van der Waals surface area contributed by atoms with Gasteiger partial charge in [0.1, 0.15) is 0 Å². The smallest absolute Gasteiger partial charge is 0.0774 e. The number of para-hydroxylation sites is 3. The molecular weight excluding hydrogens is 771 g/mol. The Morgan fingerprint density at radius 1 is 0.894 bits per heavy atom. The van der Waals surface area contributed by atoms with Crippen molar-refractivity contribution in [2.45, 2.75) is 53.3 Å². The van der Waals surface area contributed by atoms with Crippen LogP contribution < -0.4 is 0 Å². The predicted molar refractivity (Wildman–Crippen MR) is 197 cm³/mol. The first-order chi connectivity index (χ1) is 23.4. The van der Waals surface area contributed by atoms with Gasteiger partial charge < -0.3 is 9.55 Å². The summed E-state index contributed by atoms with van der Waals surface area (Å²) in [6.45, 7) is 13.2.